The first-order valence-corrected chi connectivity index (χ1v) is 8.88. The Balaban J connectivity index is 2.02. The van der Waals surface area contributed by atoms with E-state index in [1.54, 1.807) is 7.11 Å². The normalized spacial score (nSPS) is 12.3. The molecule has 0 radical (unpaired) electrons. The Morgan fingerprint density at radius 2 is 2.00 bits per heavy atom. The molecule has 0 saturated carbocycles. The minimum Gasteiger partial charge on any atom is -0.495 e. The van der Waals surface area contributed by atoms with Crippen molar-refractivity contribution in [1.29, 1.82) is 0 Å². The lowest BCUT2D eigenvalue weighted by atomic mass is 10.1. The van der Waals surface area contributed by atoms with Gasteiger partial charge in [0.15, 0.2) is 17.0 Å². The van der Waals surface area contributed by atoms with E-state index in [9.17, 15) is 0 Å². The summed E-state index contributed by atoms with van der Waals surface area (Å²) in [7, 11) is 1.60. The maximum absolute atomic E-state index is 6.21. The second-order valence-corrected chi connectivity index (χ2v) is 6.44. The number of hydrogen-bond donors (Lipinski definition) is 4. The molecule has 0 spiro atoms. The first kappa shape index (κ1) is 18.7. The van der Waals surface area contributed by atoms with Gasteiger partial charge in [0.05, 0.1) is 12.8 Å². The van der Waals surface area contributed by atoms with Crippen LogP contribution >= 0.6 is 0 Å². The quantitative estimate of drug-likeness (QED) is 0.457. The van der Waals surface area contributed by atoms with Crippen LogP contribution < -0.4 is 27.3 Å². The van der Waals surface area contributed by atoms with Gasteiger partial charge in [0, 0.05) is 25.6 Å². The third-order valence-electron chi connectivity index (χ3n) is 4.32. The van der Waals surface area contributed by atoms with Gasteiger partial charge in [0.25, 0.3) is 0 Å². The average molecular weight is 370 g/mol. The summed E-state index contributed by atoms with van der Waals surface area (Å²) >= 11 is 0. The lowest BCUT2D eigenvalue weighted by molar-refractivity contribution is 0.416. The smallest absolute Gasteiger partial charge is 0.226 e. The first-order chi connectivity index (χ1) is 12.9. The second kappa shape index (κ2) is 7.67. The van der Waals surface area contributed by atoms with E-state index in [2.05, 4.69) is 20.3 Å². The van der Waals surface area contributed by atoms with Crippen LogP contribution in [0.15, 0.2) is 18.2 Å². The minimum atomic E-state index is -0.0202. The molecule has 3 rings (SSSR count). The lowest BCUT2D eigenvalue weighted by Crippen LogP contribution is -2.26. The molecule has 7 N–H and O–H groups in total. The zero-order chi connectivity index (χ0) is 19.6. The molecule has 9 nitrogen and oxygen atoms in total. The zero-order valence-corrected chi connectivity index (χ0v) is 15.9. The number of benzene rings is 1. The van der Waals surface area contributed by atoms with Gasteiger partial charge in [0.1, 0.15) is 11.6 Å². The summed E-state index contributed by atoms with van der Waals surface area (Å²) in [5, 5.41) is 3.11. The molecule has 3 aromatic rings. The summed E-state index contributed by atoms with van der Waals surface area (Å²) in [5.41, 5.74) is 20.9. The topological polar surface area (TPSA) is 143 Å². The molecule has 0 aliphatic rings. The molecule has 0 aliphatic heterocycles. The minimum absolute atomic E-state index is 0.0202. The number of fused-ring (bicyclic) bond motifs is 1. The molecule has 0 fully saturated rings. The lowest BCUT2D eigenvalue weighted by Gasteiger charge is -2.11. The summed E-state index contributed by atoms with van der Waals surface area (Å²) in [4.78, 5) is 13.6. The molecule has 144 valence electrons. The number of aromatic nitrogens is 4. The maximum atomic E-state index is 6.21. The molecule has 0 amide bonds. The molecule has 0 saturated heterocycles. The number of methoxy groups -OCH3 is 1. The van der Waals surface area contributed by atoms with Gasteiger partial charge < -0.3 is 31.8 Å². The summed E-state index contributed by atoms with van der Waals surface area (Å²) in [6, 6.07) is 5.69. The molecule has 0 bridgehead atoms. The van der Waals surface area contributed by atoms with Crippen LogP contribution in [0.2, 0.25) is 0 Å². The number of hydrogen-bond acceptors (Lipinski definition) is 8. The number of imidazole rings is 1. The van der Waals surface area contributed by atoms with Crippen LogP contribution in [-0.2, 0) is 13.0 Å². The van der Waals surface area contributed by atoms with Crippen molar-refractivity contribution in [3.8, 4) is 5.75 Å². The van der Waals surface area contributed by atoms with E-state index in [0.717, 1.165) is 11.4 Å². The summed E-state index contributed by atoms with van der Waals surface area (Å²) in [5.74, 6) is 2.24. The SMILES string of the molecule is CCn1c(Cc2cccc(OC)c2N)nc2c(N)nc(NCC(C)N)nc21. The highest BCUT2D eigenvalue weighted by Crippen LogP contribution is 2.28. The number of nitrogen functional groups attached to an aromatic ring is 2. The van der Waals surface area contributed by atoms with Crippen molar-refractivity contribution in [1.82, 2.24) is 19.5 Å². The van der Waals surface area contributed by atoms with E-state index in [1.807, 2.05) is 36.6 Å². The van der Waals surface area contributed by atoms with Crippen molar-refractivity contribution in [3.05, 3.63) is 29.6 Å². The van der Waals surface area contributed by atoms with Crippen LogP contribution in [0.1, 0.15) is 25.2 Å². The largest absolute Gasteiger partial charge is 0.495 e. The second-order valence-electron chi connectivity index (χ2n) is 6.44. The van der Waals surface area contributed by atoms with Crippen LogP contribution in [0.5, 0.6) is 5.75 Å². The third-order valence-corrected chi connectivity index (χ3v) is 4.32. The zero-order valence-electron chi connectivity index (χ0n) is 15.9. The number of ether oxygens (including phenoxy) is 1. The monoisotopic (exact) mass is 370 g/mol. The van der Waals surface area contributed by atoms with Gasteiger partial charge in [-0.2, -0.15) is 9.97 Å². The van der Waals surface area contributed by atoms with Gasteiger partial charge in [0.2, 0.25) is 5.95 Å². The number of rotatable bonds is 7. The molecule has 27 heavy (non-hydrogen) atoms. The van der Waals surface area contributed by atoms with E-state index in [4.69, 9.17) is 21.9 Å². The molecule has 2 aromatic heterocycles. The Morgan fingerprint density at radius 1 is 1.22 bits per heavy atom. The summed E-state index contributed by atoms with van der Waals surface area (Å²) in [6.45, 7) is 5.19. The Hall–Kier alpha value is -3.07. The highest BCUT2D eigenvalue weighted by molar-refractivity contribution is 5.83. The van der Waals surface area contributed by atoms with Gasteiger partial charge in [-0.3, -0.25) is 0 Å². The Kier molecular flexibility index (Phi) is 5.31. The Labute approximate surface area is 157 Å². The van der Waals surface area contributed by atoms with Crippen molar-refractivity contribution in [2.24, 2.45) is 5.73 Å². The van der Waals surface area contributed by atoms with Crippen molar-refractivity contribution in [2.75, 3.05) is 30.4 Å². The fourth-order valence-corrected chi connectivity index (χ4v) is 2.96. The number of nitrogens with zero attached hydrogens (tertiary/aromatic N) is 4. The van der Waals surface area contributed by atoms with Crippen molar-refractivity contribution >= 4 is 28.6 Å². The number of aryl methyl sites for hydroxylation is 1. The fourth-order valence-electron chi connectivity index (χ4n) is 2.96. The molecule has 1 atom stereocenters. The van der Waals surface area contributed by atoms with Gasteiger partial charge in [-0.25, -0.2) is 4.98 Å². The molecule has 1 aromatic carbocycles. The Bertz CT molecular complexity index is 950. The maximum Gasteiger partial charge on any atom is 0.226 e. The van der Waals surface area contributed by atoms with Crippen molar-refractivity contribution in [3.63, 3.8) is 0 Å². The first-order valence-electron chi connectivity index (χ1n) is 8.88. The molecular weight excluding hydrogens is 344 g/mol. The predicted molar refractivity (Wildman–Crippen MR) is 108 cm³/mol. The van der Waals surface area contributed by atoms with Crippen LogP contribution in [0, 0.1) is 0 Å². The summed E-state index contributed by atoms with van der Waals surface area (Å²) < 4.78 is 7.32. The fraction of sp³-hybridized carbons (Fsp3) is 0.389. The van der Waals surface area contributed by atoms with E-state index in [0.29, 0.717) is 53.9 Å². The third kappa shape index (κ3) is 3.72. The molecule has 1 unspecified atom stereocenters. The van der Waals surface area contributed by atoms with Gasteiger partial charge in [-0.1, -0.05) is 12.1 Å². The number of nitrogens with two attached hydrogens (primary N) is 3. The number of nitrogens with one attached hydrogen (secondary N) is 1. The highest BCUT2D eigenvalue weighted by atomic mass is 16.5. The van der Waals surface area contributed by atoms with Crippen LogP contribution in [-0.4, -0.2) is 39.2 Å². The predicted octanol–water partition coefficient (Wildman–Crippen LogP) is 1.37. The van der Waals surface area contributed by atoms with Crippen LogP contribution in [0.25, 0.3) is 11.2 Å². The van der Waals surface area contributed by atoms with Gasteiger partial charge in [-0.15, -0.1) is 0 Å². The van der Waals surface area contributed by atoms with Crippen LogP contribution in [0.3, 0.4) is 0 Å². The van der Waals surface area contributed by atoms with E-state index in [-0.39, 0.29) is 6.04 Å². The summed E-state index contributed by atoms with van der Waals surface area (Å²) in [6.07, 6.45) is 0.537. The van der Waals surface area contributed by atoms with Gasteiger partial charge in [-0.05, 0) is 25.5 Å². The molecule has 9 heteroatoms. The van der Waals surface area contributed by atoms with Crippen molar-refractivity contribution < 1.29 is 4.74 Å². The van der Waals surface area contributed by atoms with Crippen LogP contribution in [0.4, 0.5) is 17.5 Å². The number of para-hydroxylation sites is 1. The molecule has 0 aliphatic carbocycles. The number of anilines is 3. The van der Waals surface area contributed by atoms with E-state index in [1.165, 1.54) is 0 Å². The molecular formula is C18H26N8O. The highest BCUT2D eigenvalue weighted by Gasteiger charge is 2.17. The molecule has 2 heterocycles. The average Bonchev–Trinajstić information content (AvgIpc) is 2.99. The van der Waals surface area contributed by atoms with Crippen molar-refractivity contribution in [2.45, 2.75) is 32.9 Å². The van der Waals surface area contributed by atoms with Gasteiger partial charge >= 0.3 is 0 Å². The standard InChI is InChI=1S/C18H26N8O/c1-4-26-13(8-11-6-5-7-12(27-3)14(11)20)23-15-16(21)24-18(25-17(15)26)22-9-10(2)19/h5-7,10H,4,8-9,19-20H2,1-3H3,(H3,21,22,24,25). The Morgan fingerprint density at radius 3 is 2.67 bits per heavy atom. The van der Waals surface area contributed by atoms with E-state index >= 15 is 0 Å². The van der Waals surface area contributed by atoms with E-state index < -0.39 is 0 Å².